The van der Waals surface area contributed by atoms with E-state index in [1.54, 1.807) is 12.1 Å². The molecule has 0 atom stereocenters. The van der Waals surface area contributed by atoms with Crippen molar-refractivity contribution in [3.8, 4) is 5.75 Å². The number of fused-ring (bicyclic) bond motifs is 2. The Labute approximate surface area is 250 Å². The second-order valence-electron chi connectivity index (χ2n) is 11.4. The number of hydrogen-bond donors (Lipinski definition) is 1. The number of carbonyl (C=O) groups is 2. The Hall–Kier alpha value is -4.61. The van der Waals surface area contributed by atoms with Crippen LogP contribution in [-0.4, -0.2) is 11.6 Å². The van der Waals surface area contributed by atoms with Crippen molar-refractivity contribution < 1.29 is 14.3 Å². The summed E-state index contributed by atoms with van der Waals surface area (Å²) in [6, 6.07) is 36.9. The molecule has 0 aromatic heterocycles. The van der Waals surface area contributed by atoms with Gasteiger partial charge in [-0.15, -0.1) is 0 Å². The molecule has 0 saturated heterocycles. The Morgan fingerprint density at radius 2 is 1.31 bits per heavy atom. The molecule has 5 heteroatoms. The summed E-state index contributed by atoms with van der Waals surface area (Å²) in [7, 11) is 0. The Morgan fingerprint density at radius 1 is 0.667 bits per heavy atom. The van der Waals surface area contributed by atoms with Gasteiger partial charge in [-0.1, -0.05) is 99.3 Å². The van der Waals surface area contributed by atoms with Crippen LogP contribution in [0.15, 0.2) is 125 Å². The zero-order valence-electron chi connectivity index (χ0n) is 23.8. The molecule has 0 aliphatic heterocycles. The van der Waals surface area contributed by atoms with E-state index in [0.717, 1.165) is 26.8 Å². The number of nitrogens with one attached hydrogen (secondary N) is 1. The standard InChI is InChI=1S/C37H31NO3S/c1-37(2,3)25-15-17-26(18-16-25)38-31-13-7-11-29-33(31)35(39)30-12-8-14-32(34(30)36(29)40)42-28-21-19-27(20-22-28)41-23-24-9-5-4-6-10-24/h4-22,38H,23H2,1-3H3. The van der Waals surface area contributed by atoms with Crippen molar-refractivity contribution in [2.45, 2.75) is 42.6 Å². The van der Waals surface area contributed by atoms with Gasteiger partial charge in [0.2, 0.25) is 0 Å². The predicted molar refractivity (Wildman–Crippen MR) is 170 cm³/mol. The van der Waals surface area contributed by atoms with Crippen LogP contribution in [0.25, 0.3) is 0 Å². The van der Waals surface area contributed by atoms with Gasteiger partial charge in [-0.3, -0.25) is 9.59 Å². The number of ether oxygens (including phenoxy) is 1. The summed E-state index contributed by atoms with van der Waals surface area (Å²) in [5.41, 5.74) is 5.58. The van der Waals surface area contributed by atoms with Crippen LogP contribution < -0.4 is 10.1 Å². The van der Waals surface area contributed by atoms with Crippen LogP contribution in [0.4, 0.5) is 11.4 Å². The molecule has 0 spiro atoms. The van der Waals surface area contributed by atoms with Gasteiger partial charge in [-0.2, -0.15) is 0 Å². The lowest BCUT2D eigenvalue weighted by molar-refractivity contribution is 0.0977. The first-order valence-electron chi connectivity index (χ1n) is 14.0. The normalized spacial score (nSPS) is 12.5. The smallest absolute Gasteiger partial charge is 0.196 e. The van der Waals surface area contributed by atoms with Gasteiger partial charge in [-0.25, -0.2) is 0 Å². The van der Waals surface area contributed by atoms with E-state index in [2.05, 4.69) is 38.2 Å². The van der Waals surface area contributed by atoms with Crippen molar-refractivity contribution in [1.82, 2.24) is 0 Å². The van der Waals surface area contributed by atoms with Crippen molar-refractivity contribution in [2.24, 2.45) is 0 Å². The van der Waals surface area contributed by atoms with Gasteiger partial charge < -0.3 is 10.1 Å². The second-order valence-corrected chi connectivity index (χ2v) is 12.5. The molecule has 0 heterocycles. The topological polar surface area (TPSA) is 55.4 Å². The SMILES string of the molecule is CC(C)(C)c1ccc(Nc2cccc3c2C(=O)c2cccc(Sc4ccc(OCc5ccccc5)cc4)c2C3=O)cc1. The van der Waals surface area contributed by atoms with Gasteiger partial charge in [0, 0.05) is 32.2 Å². The highest BCUT2D eigenvalue weighted by Gasteiger charge is 2.33. The third-order valence-electron chi connectivity index (χ3n) is 7.36. The summed E-state index contributed by atoms with van der Waals surface area (Å²) in [4.78, 5) is 29.5. The first-order valence-corrected chi connectivity index (χ1v) is 14.8. The minimum atomic E-state index is -0.152. The number of ketones is 2. The highest BCUT2D eigenvalue weighted by atomic mass is 32.2. The highest BCUT2D eigenvalue weighted by molar-refractivity contribution is 7.99. The lowest BCUT2D eigenvalue weighted by atomic mass is 9.83. The summed E-state index contributed by atoms with van der Waals surface area (Å²) >= 11 is 1.47. The Balaban J connectivity index is 1.24. The molecule has 0 fully saturated rings. The molecule has 0 saturated carbocycles. The number of anilines is 2. The van der Waals surface area contributed by atoms with Crippen LogP contribution in [-0.2, 0) is 12.0 Å². The minimum absolute atomic E-state index is 0.0461. The highest BCUT2D eigenvalue weighted by Crippen LogP contribution is 2.40. The third kappa shape index (κ3) is 5.61. The van der Waals surface area contributed by atoms with Crippen molar-refractivity contribution in [3.05, 3.63) is 149 Å². The predicted octanol–water partition coefficient (Wildman–Crippen LogP) is 9.23. The summed E-state index contributed by atoms with van der Waals surface area (Å²) in [5.74, 6) is 0.477. The maximum absolute atomic E-state index is 13.9. The quantitative estimate of drug-likeness (QED) is 0.208. The molecule has 208 valence electrons. The molecule has 4 nitrogen and oxygen atoms in total. The number of carbonyl (C=O) groups excluding carboxylic acids is 2. The third-order valence-corrected chi connectivity index (χ3v) is 8.43. The van der Waals surface area contributed by atoms with Crippen LogP contribution in [0.2, 0.25) is 0 Å². The Kier molecular flexibility index (Phi) is 7.44. The van der Waals surface area contributed by atoms with Gasteiger partial charge in [0.05, 0.1) is 11.3 Å². The van der Waals surface area contributed by atoms with Crippen molar-refractivity contribution in [3.63, 3.8) is 0 Å². The molecule has 1 aliphatic carbocycles. The average molecular weight is 570 g/mol. The average Bonchev–Trinajstić information content (AvgIpc) is 3.00. The molecule has 1 aliphatic rings. The van der Waals surface area contributed by atoms with Gasteiger partial charge in [0.15, 0.2) is 11.6 Å². The van der Waals surface area contributed by atoms with Crippen molar-refractivity contribution in [1.29, 1.82) is 0 Å². The minimum Gasteiger partial charge on any atom is -0.489 e. The van der Waals surface area contributed by atoms with E-state index in [1.807, 2.05) is 91.0 Å². The van der Waals surface area contributed by atoms with E-state index < -0.39 is 0 Å². The van der Waals surface area contributed by atoms with Gasteiger partial charge >= 0.3 is 0 Å². The largest absolute Gasteiger partial charge is 0.489 e. The maximum atomic E-state index is 13.9. The second kappa shape index (κ2) is 11.3. The lowest BCUT2D eigenvalue weighted by Crippen LogP contribution is -2.23. The van der Waals surface area contributed by atoms with Crippen LogP contribution in [0, 0.1) is 0 Å². The van der Waals surface area contributed by atoms with E-state index in [9.17, 15) is 9.59 Å². The van der Waals surface area contributed by atoms with Gasteiger partial charge in [0.1, 0.15) is 12.4 Å². The van der Waals surface area contributed by atoms with Crippen LogP contribution in [0.5, 0.6) is 5.75 Å². The molecular weight excluding hydrogens is 538 g/mol. The van der Waals surface area contributed by atoms with E-state index in [1.165, 1.54) is 17.3 Å². The fraction of sp³-hybridized carbons (Fsp3) is 0.135. The molecular formula is C37H31NO3S. The molecule has 6 rings (SSSR count). The van der Waals surface area contributed by atoms with Crippen LogP contribution in [0.3, 0.4) is 0 Å². The summed E-state index contributed by atoms with van der Waals surface area (Å²) in [6.07, 6.45) is 0. The van der Waals surface area contributed by atoms with E-state index in [4.69, 9.17) is 4.74 Å². The number of rotatable bonds is 7. The van der Waals surface area contributed by atoms with Crippen molar-refractivity contribution in [2.75, 3.05) is 5.32 Å². The summed E-state index contributed by atoms with van der Waals surface area (Å²) in [6.45, 7) is 7.02. The zero-order valence-corrected chi connectivity index (χ0v) is 24.6. The number of benzene rings is 5. The molecule has 0 unspecified atom stereocenters. The zero-order chi connectivity index (χ0) is 29.3. The Morgan fingerprint density at radius 3 is 2.00 bits per heavy atom. The van der Waals surface area contributed by atoms with Crippen LogP contribution in [0.1, 0.15) is 63.7 Å². The lowest BCUT2D eigenvalue weighted by Gasteiger charge is -2.23. The molecule has 5 aromatic rings. The van der Waals surface area contributed by atoms with E-state index >= 15 is 0 Å². The molecule has 0 amide bonds. The summed E-state index contributed by atoms with van der Waals surface area (Å²) in [5, 5.41) is 3.38. The van der Waals surface area contributed by atoms with Crippen LogP contribution >= 0.6 is 11.8 Å². The number of hydrogen-bond acceptors (Lipinski definition) is 5. The van der Waals surface area contributed by atoms with E-state index in [0.29, 0.717) is 34.5 Å². The first-order chi connectivity index (χ1) is 20.3. The monoisotopic (exact) mass is 569 g/mol. The van der Waals surface area contributed by atoms with Gasteiger partial charge in [-0.05, 0) is 65.1 Å². The molecule has 5 aromatic carbocycles. The molecule has 1 N–H and O–H groups in total. The Bertz CT molecular complexity index is 1770. The molecule has 0 bridgehead atoms. The van der Waals surface area contributed by atoms with E-state index in [-0.39, 0.29) is 17.0 Å². The fourth-order valence-electron chi connectivity index (χ4n) is 5.08. The maximum Gasteiger partial charge on any atom is 0.196 e. The first kappa shape index (κ1) is 27.6. The molecule has 0 radical (unpaired) electrons. The molecule has 42 heavy (non-hydrogen) atoms. The summed E-state index contributed by atoms with van der Waals surface area (Å²) < 4.78 is 5.92. The van der Waals surface area contributed by atoms with Gasteiger partial charge in [0.25, 0.3) is 0 Å². The van der Waals surface area contributed by atoms with Crippen molar-refractivity contribution >= 4 is 34.7 Å². The fourth-order valence-corrected chi connectivity index (χ4v) is 6.06.